The zero-order chi connectivity index (χ0) is 6.85. The van der Waals surface area contributed by atoms with E-state index in [1.165, 1.54) is 0 Å². The van der Waals surface area contributed by atoms with Gasteiger partial charge in [0.2, 0.25) is 0 Å². The summed E-state index contributed by atoms with van der Waals surface area (Å²) in [5.41, 5.74) is 0. The van der Waals surface area contributed by atoms with Crippen LogP contribution in [0.15, 0.2) is 0 Å². The van der Waals surface area contributed by atoms with Crippen LogP contribution in [0.2, 0.25) is 0 Å². The van der Waals surface area contributed by atoms with Crippen LogP contribution in [0, 0.1) is 5.92 Å². The van der Waals surface area contributed by atoms with Gasteiger partial charge in [-0.15, -0.1) is 0 Å². The van der Waals surface area contributed by atoms with Crippen LogP contribution in [0.25, 0.3) is 0 Å². The van der Waals surface area contributed by atoms with E-state index in [9.17, 15) is 0 Å². The molecular formula is C6H11BO2. The average Bonchev–Trinajstić information content (AvgIpc) is 2.10. The fourth-order valence-corrected chi connectivity index (χ4v) is 1.16. The van der Waals surface area contributed by atoms with Crippen molar-refractivity contribution < 1.29 is 9.84 Å². The van der Waals surface area contributed by atoms with Gasteiger partial charge in [0, 0.05) is 6.00 Å². The van der Waals surface area contributed by atoms with Crippen LogP contribution in [0.4, 0.5) is 0 Å². The third kappa shape index (κ3) is 1.46. The van der Waals surface area contributed by atoms with E-state index in [4.69, 9.17) is 17.7 Å². The Balaban J connectivity index is 2.38. The quantitative estimate of drug-likeness (QED) is 0.497. The number of aliphatic hydroxyl groups is 1. The van der Waals surface area contributed by atoms with Crippen LogP contribution < -0.4 is 0 Å². The van der Waals surface area contributed by atoms with Gasteiger partial charge in [-0.1, -0.05) is 6.92 Å². The van der Waals surface area contributed by atoms with Gasteiger partial charge in [-0.2, -0.15) is 0 Å². The number of aliphatic hydroxyl groups excluding tert-OH is 1. The van der Waals surface area contributed by atoms with E-state index in [1.807, 2.05) is 6.92 Å². The highest BCUT2D eigenvalue weighted by molar-refractivity contribution is 6.11. The normalized spacial score (nSPS) is 43.6. The Hall–Kier alpha value is -0.0151. The lowest BCUT2D eigenvalue weighted by molar-refractivity contribution is 0.0293. The second kappa shape index (κ2) is 2.71. The van der Waals surface area contributed by atoms with E-state index in [1.54, 1.807) is 0 Å². The SMILES string of the molecule is [B][C@H]1C[C@@H](C)[C@@H](CO)O1. The minimum absolute atomic E-state index is 0.0278. The van der Waals surface area contributed by atoms with E-state index in [0.717, 1.165) is 6.42 Å². The second-order valence-corrected chi connectivity index (χ2v) is 2.61. The van der Waals surface area contributed by atoms with Gasteiger partial charge in [0.1, 0.15) is 7.85 Å². The summed E-state index contributed by atoms with van der Waals surface area (Å²) in [6.45, 7) is 2.13. The van der Waals surface area contributed by atoms with Gasteiger partial charge in [-0.3, -0.25) is 0 Å². The first kappa shape index (κ1) is 7.10. The van der Waals surface area contributed by atoms with Crippen molar-refractivity contribution in [3.05, 3.63) is 0 Å². The predicted molar refractivity (Wildman–Crippen MR) is 35.3 cm³/mol. The number of hydrogen-bond donors (Lipinski definition) is 1. The van der Waals surface area contributed by atoms with Gasteiger partial charge in [0.25, 0.3) is 0 Å². The summed E-state index contributed by atoms with van der Waals surface area (Å²) in [7, 11) is 5.46. The van der Waals surface area contributed by atoms with Crippen LogP contribution in [-0.4, -0.2) is 31.7 Å². The molecule has 50 valence electrons. The monoisotopic (exact) mass is 126 g/mol. The molecule has 0 amide bonds. The molecule has 0 bridgehead atoms. The molecular weight excluding hydrogens is 115 g/mol. The van der Waals surface area contributed by atoms with Gasteiger partial charge in [0.05, 0.1) is 12.7 Å². The lowest BCUT2D eigenvalue weighted by atomic mass is 9.92. The highest BCUT2D eigenvalue weighted by Gasteiger charge is 2.27. The van der Waals surface area contributed by atoms with Crippen molar-refractivity contribution in [2.45, 2.75) is 25.5 Å². The molecule has 0 aromatic rings. The largest absolute Gasteiger partial charge is 0.394 e. The predicted octanol–water partition coefficient (Wildman–Crippen LogP) is -0.102. The van der Waals surface area contributed by atoms with Crippen molar-refractivity contribution >= 4 is 7.85 Å². The topological polar surface area (TPSA) is 29.5 Å². The Labute approximate surface area is 56.6 Å². The highest BCUT2D eigenvalue weighted by Crippen LogP contribution is 2.23. The molecule has 3 heteroatoms. The van der Waals surface area contributed by atoms with E-state index < -0.39 is 0 Å². The average molecular weight is 126 g/mol. The Morgan fingerprint density at radius 2 is 2.44 bits per heavy atom. The Bertz CT molecular complexity index is 97.1. The number of rotatable bonds is 1. The molecule has 1 N–H and O–H groups in total. The van der Waals surface area contributed by atoms with Crippen molar-refractivity contribution in [1.82, 2.24) is 0 Å². The molecule has 2 nitrogen and oxygen atoms in total. The smallest absolute Gasteiger partial charge is 0.109 e. The molecule has 1 heterocycles. The van der Waals surface area contributed by atoms with Crippen LogP contribution in [0.5, 0.6) is 0 Å². The van der Waals surface area contributed by atoms with Gasteiger partial charge in [0.15, 0.2) is 0 Å². The lowest BCUT2D eigenvalue weighted by Gasteiger charge is -2.09. The minimum atomic E-state index is -0.155. The number of ether oxygens (including phenoxy) is 1. The maximum atomic E-state index is 8.67. The first-order valence-electron chi connectivity index (χ1n) is 3.26. The molecule has 1 aliphatic heterocycles. The van der Waals surface area contributed by atoms with E-state index >= 15 is 0 Å². The van der Waals surface area contributed by atoms with Gasteiger partial charge < -0.3 is 9.84 Å². The molecule has 0 aromatic heterocycles. The zero-order valence-electron chi connectivity index (χ0n) is 5.58. The zero-order valence-corrected chi connectivity index (χ0v) is 5.58. The summed E-state index contributed by atoms with van der Waals surface area (Å²) < 4.78 is 5.15. The molecule has 1 rings (SSSR count). The molecule has 0 spiro atoms. The summed E-state index contributed by atoms with van der Waals surface area (Å²) in [4.78, 5) is 0. The first-order chi connectivity index (χ1) is 4.24. The van der Waals surface area contributed by atoms with Crippen LogP contribution in [-0.2, 0) is 4.74 Å². The third-order valence-corrected chi connectivity index (χ3v) is 1.77. The molecule has 0 aliphatic carbocycles. The summed E-state index contributed by atoms with van der Waals surface area (Å²) in [5.74, 6) is 0.407. The Kier molecular flexibility index (Phi) is 2.14. The van der Waals surface area contributed by atoms with Gasteiger partial charge >= 0.3 is 0 Å². The number of hydrogen-bond acceptors (Lipinski definition) is 2. The standard InChI is InChI=1S/C6H11BO2/c1-4-2-6(7)9-5(4)3-8/h4-6,8H,2-3H2,1H3/t4-,5-,6-/m1/s1. The highest BCUT2D eigenvalue weighted by atomic mass is 16.5. The first-order valence-corrected chi connectivity index (χ1v) is 3.26. The van der Waals surface area contributed by atoms with E-state index in [-0.39, 0.29) is 18.7 Å². The molecule has 0 aromatic carbocycles. The molecule has 1 fully saturated rings. The molecule has 0 unspecified atom stereocenters. The second-order valence-electron chi connectivity index (χ2n) is 2.61. The molecule has 1 aliphatic rings. The molecule has 2 radical (unpaired) electrons. The lowest BCUT2D eigenvalue weighted by Crippen LogP contribution is -2.18. The van der Waals surface area contributed by atoms with Gasteiger partial charge in [-0.25, -0.2) is 0 Å². The third-order valence-electron chi connectivity index (χ3n) is 1.77. The van der Waals surface area contributed by atoms with Crippen LogP contribution in [0.3, 0.4) is 0 Å². The fraction of sp³-hybridized carbons (Fsp3) is 1.00. The molecule has 3 atom stereocenters. The maximum absolute atomic E-state index is 8.67. The summed E-state index contributed by atoms with van der Waals surface area (Å²) in [5, 5.41) is 8.67. The van der Waals surface area contributed by atoms with Crippen molar-refractivity contribution in [2.75, 3.05) is 6.61 Å². The molecule has 0 saturated carbocycles. The van der Waals surface area contributed by atoms with Gasteiger partial charge in [-0.05, 0) is 12.3 Å². The molecule has 9 heavy (non-hydrogen) atoms. The van der Waals surface area contributed by atoms with E-state index in [2.05, 4.69) is 0 Å². The minimum Gasteiger partial charge on any atom is -0.394 e. The maximum Gasteiger partial charge on any atom is 0.109 e. The van der Waals surface area contributed by atoms with Crippen molar-refractivity contribution in [3.8, 4) is 0 Å². The van der Waals surface area contributed by atoms with Crippen molar-refractivity contribution in [3.63, 3.8) is 0 Å². The fourth-order valence-electron chi connectivity index (χ4n) is 1.16. The summed E-state index contributed by atoms with van der Waals surface area (Å²) in [6, 6.07) is -0.155. The van der Waals surface area contributed by atoms with Crippen LogP contribution in [0.1, 0.15) is 13.3 Å². The Morgan fingerprint density at radius 3 is 2.67 bits per heavy atom. The summed E-state index contributed by atoms with van der Waals surface area (Å²) >= 11 is 0. The summed E-state index contributed by atoms with van der Waals surface area (Å²) in [6.07, 6.45) is 0.839. The van der Waals surface area contributed by atoms with Crippen LogP contribution >= 0.6 is 0 Å². The van der Waals surface area contributed by atoms with E-state index in [0.29, 0.717) is 5.92 Å². The van der Waals surface area contributed by atoms with Crippen molar-refractivity contribution in [1.29, 1.82) is 0 Å². The van der Waals surface area contributed by atoms with Crippen molar-refractivity contribution in [2.24, 2.45) is 5.92 Å². The Morgan fingerprint density at radius 1 is 1.78 bits per heavy atom. The molecule has 1 saturated heterocycles.